The molecule has 1 heterocycles. The summed E-state index contributed by atoms with van der Waals surface area (Å²) in [5, 5.41) is 13.3. The molecule has 0 saturated heterocycles. The van der Waals surface area contributed by atoms with E-state index in [-0.39, 0.29) is 10.8 Å². The molecule has 0 bridgehead atoms. The molecule has 0 fully saturated rings. The highest BCUT2D eigenvalue weighted by molar-refractivity contribution is 6.32. The van der Waals surface area contributed by atoms with Crippen LogP contribution in [0.15, 0.2) is 57.2 Å². The summed E-state index contributed by atoms with van der Waals surface area (Å²) < 4.78 is 5.94. The molecule has 0 saturated carbocycles. The smallest absolute Gasteiger partial charge is 0.349 e. The molecule has 0 radical (unpaired) electrons. The maximum absolute atomic E-state index is 12.4. The summed E-state index contributed by atoms with van der Waals surface area (Å²) in [4.78, 5) is 37.9. The van der Waals surface area contributed by atoms with E-state index in [1.807, 2.05) is 0 Å². The van der Waals surface area contributed by atoms with Gasteiger partial charge in [0.25, 0.3) is 5.56 Å². The molecular weight excluding hydrogens is 374 g/mol. The van der Waals surface area contributed by atoms with Crippen molar-refractivity contribution in [3.8, 4) is 5.75 Å². The van der Waals surface area contributed by atoms with E-state index in [1.165, 1.54) is 25.3 Å². The lowest BCUT2D eigenvalue weighted by Gasteiger charge is -2.11. The van der Waals surface area contributed by atoms with Crippen molar-refractivity contribution in [2.45, 2.75) is 13.0 Å². The van der Waals surface area contributed by atoms with Crippen LogP contribution < -0.4 is 16.0 Å². The molecule has 2 aromatic carbocycles. The van der Waals surface area contributed by atoms with Crippen LogP contribution in [-0.2, 0) is 4.79 Å². The number of hydrogen-bond acceptors (Lipinski definition) is 5. The number of para-hydroxylation sites is 1. The van der Waals surface area contributed by atoms with Crippen molar-refractivity contribution in [3.05, 3.63) is 73.9 Å². The fourth-order valence-electron chi connectivity index (χ4n) is 2.32. The molecule has 3 aromatic rings. The minimum absolute atomic E-state index is 0.173. The zero-order chi connectivity index (χ0) is 19.6. The number of carboxylic acids is 1. The van der Waals surface area contributed by atoms with E-state index < -0.39 is 23.3 Å². The number of aliphatic carboxylic acids is 1. The van der Waals surface area contributed by atoms with Gasteiger partial charge in [-0.3, -0.25) is 4.79 Å². The molecule has 2 N–H and O–H groups in total. The molecule has 1 aromatic heterocycles. The first-order chi connectivity index (χ1) is 12.9. The van der Waals surface area contributed by atoms with Gasteiger partial charge in [-0.1, -0.05) is 23.7 Å². The molecule has 0 aliphatic rings. The summed E-state index contributed by atoms with van der Waals surface area (Å²) in [6, 6.07) is 11.1. The summed E-state index contributed by atoms with van der Waals surface area (Å²) in [6.45, 7) is 1.38. The van der Waals surface area contributed by atoms with Crippen LogP contribution in [0.3, 0.4) is 0 Å². The van der Waals surface area contributed by atoms with Crippen molar-refractivity contribution in [2.24, 2.45) is 5.10 Å². The van der Waals surface area contributed by atoms with Gasteiger partial charge in [-0.25, -0.2) is 9.59 Å². The number of aromatic nitrogens is 2. The number of H-pyrrole nitrogens is 1. The second kappa shape index (κ2) is 7.46. The third kappa shape index (κ3) is 3.90. The van der Waals surface area contributed by atoms with Gasteiger partial charge in [0.2, 0.25) is 0 Å². The number of benzene rings is 2. The Morgan fingerprint density at radius 1 is 1.30 bits per heavy atom. The molecule has 0 unspecified atom stereocenters. The van der Waals surface area contributed by atoms with Gasteiger partial charge in [-0.15, -0.1) is 4.68 Å². The van der Waals surface area contributed by atoms with E-state index in [9.17, 15) is 14.4 Å². The summed E-state index contributed by atoms with van der Waals surface area (Å²) >= 11 is 6.08. The quantitative estimate of drug-likeness (QED) is 0.650. The Balaban J connectivity index is 1.92. The number of fused-ring (bicyclic) bond motifs is 1. The second-order valence-electron chi connectivity index (χ2n) is 5.63. The van der Waals surface area contributed by atoms with Crippen LogP contribution in [0.5, 0.6) is 5.75 Å². The monoisotopic (exact) mass is 387 g/mol. The molecule has 8 nitrogen and oxygen atoms in total. The number of ether oxygens (including phenoxy) is 1. The number of nitrogens with one attached hydrogen (secondary N) is 1. The highest BCUT2D eigenvalue weighted by Crippen LogP contribution is 2.26. The number of rotatable bonds is 5. The van der Waals surface area contributed by atoms with Gasteiger partial charge < -0.3 is 14.8 Å². The summed E-state index contributed by atoms with van der Waals surface area (Å²) in [6.07, 6.45) is 0.235. The van der Waals surface area contributed by atoms with Crippen molar-refractivity contribution in [1.29, 1.82) is 0 Å². The number of hydrogen-bond donors (Lipinski definition) is 2. The molecule has 138 valence electrons. The summed E-state index contributed by atoms with van der Waals surface area (Å²) in [5.74, 6) is -0.920. The number of halogens is 1. The van der Waals surface area contributed by atoms with Crippen LogP contribution in [-0.4, -0.2) is 33.1 Å². The summed E-state index contributed by atoms with van der Waals surface area (Å²) in [5.41, 5.74) is -0.297. The topological polar surface area (TPSA) is 114 Å². The van der Waals surface area contributed by atoms with E-state index in [0.717, 1.165) is 0 Å². The fourth-order valence-corrected chi connectivity index (χ4v) is 2.55. The van der Waals surface area contributed by atoms with E-state index >= 15 is 0 Å². The molecular formula is C18H14ClN3O5. The molecule has 3 rings (SSSR count). The lowest BCUT2D eigenvalue weighted by molar-refractivity contribution is -0.144. The Hall–Kier alpha value is -3.39. The molecule has 9 heteroatoms. The Morgan fingerprint density at radius 3 is 2.74 bits per heavy atom. The fraction of sp³-hybridized carbons (Fsp3) is 0.111. The molecule has 1 atom stereocenters. The van der Waals surface area contributed by atoms with E-state index in [2.05, 4.69) is 10.1 Å². The van der Waals surface area contributed by atoms with E-state index in [4.69, 9.17) is 21.4 Å². The van der Waals surface area contributed by atoms with Gasteiger partial charge >= 0.3 is 11.7 Å². The van der Waals surface area contributed by atoms with E-state index in [1.54, 1.807) is 30.3 Å². The predicted molar refractivity (Wildman–Crippen MR) is 101 cm³/mol. The maximum atomic E-state index is 12.4. The van der Waals surface area contributed by atoms with E-state index in [0.29, 0.717) is 21.1 Å². The Morgan fingerprint density at radius 2 is 2.04 bits per heavy atom. The van der Waals surface area contributed by atoms with Crippen LogP contribution in [0.2, 0.25) is 5.02 Å². The highest BCUT2D eigenvalue weighted by Gasteiger charge is 2.14. The third-order valence-electron chi connectivity index (χ3n) is 3.71. The first-order valence-electron chi connectivity index (χ1n) is 7.84. The van der Waals surface area contributed by atoms with Gasteiger partial charge in [0.05, 0.1) is 22.1 Å². The molecule has 0 aliphatic carbocycles. The first kappa shape index (κ1) is 18.4. The van der Waals surface area contributed by atoms with Crippen LogP contribution in [0, 0.1) is 0 Å². The normalized spacial score (nSPS) is 12.4. The molecule has 0 spiro atoms. The standard InChI is InChI=1S/C18H14ClN3O5/c1-10(17(24)25)27-15-7-6-11(8-13(15)19)9-20-22-16(23)12-4-2-3-5-14(12)21-18(22)26/h2-10H,1H3,(H,21,26)(H,24,25)/t10-/m0/s1. The van der Waals surface area contributed by atoms with Crippen LogP contribution in [0.4, 0.5) is 0 Å². The maximum Gasteiger partial charge on any atom is 0.349 e. The Kier molecular flexibility index (Phi) is 5.09. The molecule has 0 amide bonds. The zero-order valence-electron chi connectivity index (χ0n) is 14.0. The minimum atomic E-state index is -1.12. The van der Waals surface area contributed by atoms with Crippen molar-refractivity contribution in [2.75, 3.05) is 0 Å². The molecule has 27 heavy (non-hydrogen) atoms. The second-order valence-corrected chi connectivity index (χ2v) is 6.03. The average molecular weight is 388 g/mol. The van der Waals surface area contributed by atoms with Crippen molar-refractivity contribution in [1.82, 2.24) is 9.66 Å². The SMILES string of the molecule is C[C@H](Oc1ccc(C=Nn2c(=O)[nH]c3ccccc3c2=O)cc1Cl)C(=O)O. The van der Waals surface area contributed by atoms with Gasteiger partial charge in [0, 0.05) is 0 Å². The van der Waals surface area contributed by atoms with Crippen molar-refractivity contribution in [3.63, 3.8) is 0 Å². The zero-order valence-corrected chi connectivity index (χ0v) is 14.8. The Bertz CT molecular complexity index is 1170. The number of aromatic amines is 1. The Labute approximate surface area is 157 Å². The number of nitrogens with zero attached hydrogens (tertiary/aromatic N) is 2. The molecule has 0 aliphatic heterocycles. The highest BCUT2D eigenvalue weighted by atomic mass is 35.5. The van der Waals surface area contributed by atoms with Gasteiger partial charge in [0.1, 0.15) is 5.75 Å². The lowest BCUT2D eigenvalue weighted by Crippen LogP contribution is -2.32. The lowest BCUT2D eigenvalue weighted by atomic mass is 10.2. The van der Waals surface area contributed by atoms with Gasteiger partial charge in [-0.2, -0.15) is 5.10 Å². The summed E-state index contributed by atoms with van der Waals surface area (Å²) in [7, 11) is 0. The van der Waals surface area contributed by atoms with Crippen LogP contribution in [0.1, 0.15) is 12.5 Å². The van der Waals surface area contributed by atoms with Crippen LogP contribution >= 0.6 is 11.6 Å². The predicted octanol–water partition coefficient (Wildman–Crippen LogP) is 2.08. The van der Waals surface area contributed by atoms with Crippen molar-refractivity contribution >= 4 is 34.7 Å². The van der Waals surface area contributed by atoms with Crippen LogP contribution in [0.25, 0.3) is 10.9 Å². The minimum Gasteiger partial charge on any atom is -0.479 e. The van der Waals surface area contributed by atoms with Gasteiger partial charge in [0.15, 0.2) is 6.10 Å². The first-order valence-corrected chi connectivity index (χ1v) is 8.22. The largest absolute Gasteiger partial charge is 0.479 e. The average Bonchev–Trinajstić information content (AvgIpc) is 2.63. The van der Waals surface area contributed by atoms with Gasteiger partial charge in [-0.05, 0) is 42.8 Å². The third-order valence-corrected chi connectivity index (χ3v) is 4.01. The van der Waals surface area contributed by atoms with Crippen molar-refractivity contribution < 1.29 is 14.6 Å². The number of carboxylic acid groups (broad SMARTS) is 1. The number of carbonyl (C=O) groups is 1.